The van der Waals surface area contributed by atoms with Gasteiger partial charge in [0.25, 0.3) is 5.91 Å². The highest BCUT2D eigenvalue weighted by atomic mass is 32.2. The van der Waals surface area contributed by atoms with E-state index in [1.165, 1.54) is 10.7 Å². The SMILES string of the molecule is Cc1cc(C(=O)NCCCC2CCS(=O)(=O)C2)nn1-c1ccccc1F. The molecule has 1 aliphatic heterocycles. The predicted octanol–water partition coefficient (Wildman–Crippen LogP) is 2.26. The molecule has 6 nitrogen and oxygen atoms in total. The molecule has 8 heteroatoms. The first-order valence-electron chi connectivity index (χ1n) is 8.66. The van der Waals surface area contributed by atoms with E-state index in [2.05, 4.69) is 10.4 Å². The van der Waals surface area contributed by atoms with Crippen LogP contribution in [0.5, 0.6) is 0 Å². The number of sulfone groups is 1. The Bertz CT molecular complexity index is 908. The number of nitrogens with zero attached hydrogens (tertiary/aromatic N) is 2. The minimum atomic E-state index is -2.85. The number of para-hydroxylation sites is 1. The van der Waals surface area contributed by atoms with Crippen molar-refractivity contribution >= 4 is 15.7 Å². The number of halogens is 1. The number of carbonyl (C=O) groups excluding carboxylic acids is 1. The molecule has 1 aromatic heterocycles. The highest BCUT2D eigenvalue weighted by molar-refractivity contribution is 7.91. The zero-order valence-corrected chi connectivity index (χ0v) is 15.4. The van der Waals surface area contributed by atoms with Gasteiger partial charge in [0.15, 0.2) is 15.5 Å². The average molecular weight is 379 g/mol. The van der Waals surface area contributed by atoms with Crippen LogP contribution in [0.15, 0.2) is 30.3 Å². The second-order valence-electron chi connectivity index (χ2n) is 6.70. The summed E-state index contributed by atoms with van der Waals surface area (Å²) in [4.78, 5) is 12.2. The Morgan fingerprint density at radius 1 is 1.38 bits per heavy atom. The van der Waals surface area contributed by atoms with Gasteiger partial charge in [-0.2, -0.15) is 5.10 Å². The lowest BCUT2D eigenvalue weighted by atomic mass is 10.0. The predicted molar refractivity (Wildman–Crippen MR) is 96.6 cm³/mol. The third-order valence-electron chi connectivity index (χ3n) is 4.60. The van der Waals surface area contributed by atoms with Crippen LogP contribution >= 0.6 is 0 Å². The number of aryl methyl sites for hydroxylation is 1. The van der Waals surface area contributed by atoms with E-state index in [-0.39, 0.29) is 29.0 Å². The van der Waals surface area contributed by atoms with Crippen LogP contribution in [0.2, 0.25) is 0 Å². The maximum absolute atomic E-state index is 13.9. The van der Waals surface area contributed by atoms with Crippen molar-refractivity contribution in [1.82, 2.24) is 15.1 Å². The number of hydrogen-bond acceptors (Lipinski definition) is 4. The van der Waals surface area contributed by atoms with Crippen molar-refractivity contribution in [3.05, 3.63) is 47.5 Å². The molecule has 1 aliphatic rings. The zero-order chi connectivity index (χ0) is 18.7. The van der Waals surface area contributed by atoms with Crippen LogP contribution in [0.25, 0.3) is 5.69 Å². The van der Waals surface area contributed by atoms with E-state index in [0.29, 0.717) is 24.3 Å². The number of hydrogen-bond donors (Lipinski definition) is 1. The Hall–Kier alpha value is -2.22. The minimum Gasteiger partial charge on any atom is -0.351 e. The summed E-state index contributed by atoms with van der Waals surface area (Å²) in [6.07, 6.45) is 2.21. The largest absolute Gasteiger partial charge is 0.351 e. The number of benzene rings is 1. The molecule has 0 saturated carbocycles. The molecule has 26 heavy (non-hydrogen) atoms. The minimum absolute atomic E-state index is 0.194. The number of nitrogens with one attached hydrogen (secondary N) is 1. The summed E-state index contributed by atoms with van der Waals surface area (Å²) in [6, 6.07) is 7.88. The quantitative estimate of drug-likeness (QED) is 0.781. The van der Waals surface area contributed by atoms with Gasteiger partial charge in [0, 0.05) is 12.2 Å². The molecule has 0 aliphatic carbocycles. The van der Waals surface area contributed by atoms with Crippen molar-refractivity contribution < 1.29 is 17.6 Å². The first-order valence-corrected chi connectivity index (χ1v) is 10.5. The molecule has 1 aromatic carbocycles. The average Bonchev–Trinajstić information content (AvgIpc) is 3.14. The standard InChI is InChI=1S/C18H22FN3O3S/c1-13-11-16(21-22(13)17-7-3-2-6-15(17)19)18(23)20-9-4-5-14-8-10-26(24,25)12-14/h2-3,6-7,11,14H,4-5,8-10,12H2,1H3,(H,20,23). The van der Waals surface area contributed by atoms with Crippen LogP contribution in [0.4, 0.5) is 4.39 Å². The second kappa shape index (κ2) is 7.57. The Morgan fingerprint density at radius 3 is 2.85 bits per heavy atom. The van der Waals surface area contributed by atoms with E-state index >= 15 is 0 Å². The molecular weight excluding hydrogens is 357 g/mol. The first-order chi connectivity index (χ1) is 12.4. The Balaban J connectivity index is 1.54. The monoisotopic (exact) mass is 379 g/mol. The van der Waals surface area contributed by atoms with Crippen LogP contribution in [0.1, 0.15) is 35.4 Å². The van der Waals surface area contributed by atoms with E-state index in [1.807, 2.05) is 0 Å². The van der Waals surface area contributed by atoms with Crippen molar-refractivity contribution in [2.45, 2.75) is 26.2 Å². The van der Waals surface area contributed by atoms with Gasteiger partial charge in [-0.25, -0.2) is 17.5 Å². The summed E-state index contributed by atoms with van der Waals surface area (Å²) in [5, 5.41) is 6.99. The van der Waals surface area contributed by atoms with Gasteiger partial charge >= 0.3 is 0 Å². The summed E-state index contributed by atoms with van der Waals surface area (Å²) in [6.45, 7) is 2.22. The molecule has 2 heterocycles. The maximum atomic E-state index is 13.9. The van der Waals surface area contributed by atoms with Gasteiger partial charge in [-0.3, -0.25) is 4.79 Å². The lowest BCUT2D eigenvalue weighted by Crippen LogP contribution is -2.25. The zero-order valence-electron chi connectivity index (χ0n) is 14.6. The second-order valence-corrected chi connectivity index (χ2v) is 8.93. The van der Waals surface area contributed by atoms with E-state index in [4.69, 9.17) is 0 Å². The summed E-state index contributed by atoms with van der Waals surface area (Å²) in [7, 11) is -2.85. The molecule has 0 bridgehead atoms. The lowest BCUT2D eigenvalue weighted by molar-refractivity contribution is 0.0947. The summed E-state index contributed by atoms with van der Waals surface area (Å²) < 4.78 is 38.2. The van der Waals surface area contributed by atoms with E-state index in [0.717, 1.165) is 12.8 Å². The molecule has 140 valence electrons. The van der Waals surface area contributed by atoms with Crippen LogP contribution in [0, 0.1) is 18.7 Å². The van der Waals surface area contributed by atoms with E-state index in [9.17, 15) is 17.6 Å². The molecule has 1 atom stereocenters. The smallest absolute Gasteiger partial charge is 0.271 e. The van der Waals surface area contributed by atoms with Crippen molar-refractivity contribution in [2.24, 2.45) is 5.92 Å². The Labute approximate surface area is 152 Å². The van der Waals surface area contributed by atoms with Gasteiger partial charge in [-0.05, 0) is 50.3 Å². The van der Waals surface area contributed by atoms with E-state index in [1.54, 1.807) is 31.2 Å². The van der Waals surface area contributed by atoms with Crippen molar-refractivity contribution in [2.75, 3.05) is 18.1 Å². The van der Waals surface area contributed by atoms with Gasteiger partial charge in [-0.15, -0.1) is 0 Å². The summed E-state index contributed by atoms with van der Waals surface area (Å²) in [5.41, 5.74) is 1.19. The highest BCUT2D eigenvalue weighted by Gasteiger charge is 2.27. The normalized spacial score (nSPS) is 18.8. The fraction of sp³-hybridized carbons (Fsp3) is 0.444. The van der Waals surface area contributed by atoms with Gasteiger partial charge in [-0.1, -0.05) is 12.1 Å². The third-order valence-corrected chi connectivity index (χ3v) is 6.44. The van der Waals surface area contributed by atoms with Gasteiger partial charge < -0.3 is 5.32 Å². The van der Waals surface area contributed by atoms with Crippen molar-refractivity contribution in [3.63, 3.8) is 0 Å². The lowest BCUT2D eigenvalue weighted by Gasteiger charge is -2.07. The van der Waals surface area contributed by atoms with Gasteiger partial charge in [0.1, 0.15) is 11.5 Å². The highest BCUT2D eigenvalue weighted by Crippen LogP contribution is 2.22. The molecule has 1 N–H and O–H groups in total. The molecule has 1 unspecified atom stereocenters. The van der Waals surface area contributed by atoms with Crippen LogP contribution in [0.3, 0.4) is 0 Å². The molecule has 1 amide bonds. The molecule has 1 saturated heterocycles. The topological polar surface area (TPSA) is 81.1 Å². The molecule has 3 rings (SSSR count). The van der Waals surface area contributed by atoms with E-state index < -0.39 is 15.7 Å². The molecule has 1 fully saturated rings. The molecular formula is C18H22FN3O3S. The van der Waals surface area contributed by atoms with Crippen LogP contribution in [-0.4, -0.2) is 42.2 Å². The van der Waals surface area contributed by atoms with Crippen LogP contribution in [-0.2, 0) is 9.84 Å². The van der Waals surface area contributed by atoms with Gasteiger partial charge in [0.05, 0.1) is 11.5 Å². The molecule has 0 spiro atoms. The van der Waals surface area contributed by atoms with Crippen molar-refractivity contribution in [3.8, 4) is 5.69 Å². The Kier molecular flexibility index (Phi) is 5.41. The molecule has 0 radical (unpaired) electrons. The van der Waals surface area contributed by atoms with Crippen LogP contribution < -0.4 is 5.32 Å². The first kappa shape index (κ1) is 18.6. The summed E-state index contributed by atoms with van der Waals surface area (Å²) >= 11 is 0. The van der Waals surface area contributed by atoms with Crippen molar-refractivity contribution in [1.29, 1.82) is 0 Å². The molecule has 2 aromatic rings. The third kappa shape index (κ3) is 4.30. The fourth-order valence-electron chi connectivity index (χ4n) is 3.24. The number of rotatable bonds is 6. The maximum Gasteiger partial charge on any atom is 0.271 e. The summed E-state index contributed by atoms with van der Waals surface area (Å²) in [5.74, 6) is 0.00284. The number of carbonyl (C=O) groups is 1. The Morgan fingerprint density at radius 2 is 2.15 bits per heavy atom. The van der Waals surface area contributed by atoms with Gasteiger partial charge in [0.2, 0.25) is 0 Å². The number of aromatic nitrogens is 2. The number of amides is 1. The fourth-order valence-corrected chi connectivity index (χ4v) is 5.15.